The van der Waals surface area contributed by atoms with Gasteiger partial charge in [0.15, 0.2) is 0 Å². The quantitative estimate of drug-likeness (QED) is 0.669. The van der Waals surface area contributed by atoms with Crippen LogP contribution in [0.3, 0.4) is 0 Å². The van der Waals surface area contributed by atoms with Gasteiger partial charge in [0, 0.05) is 26.2 Å². The van der Waals surface area contributed by atoms with Crippen LogP contribution in [0.2, 0.25) is 0 Å². The third kappa shape index (κ3) is 3.59. The maximum atomic E-state index is 11.5. The van der Waals surface area contributed by atoms with Gasteiger partial charge in [-0.1, -0.05) is 0 Å². The highest BCUT2D eigenvalue weighted by molar-refractivity contribution is 5.75. The lowest BCUT2D eigenvalue weighted by Gasteiger charge is -2.36. The average Bonchev–Trinajstić information content (AvgIpc) is 2.37. The molecule has 1 aliphatic rings. The molecule has 17 heavy (non-hydrogen) atoms. The summed E-state index contributed by atoms with van der Waals surface area (Å²) in [5.41, 5.74) is 0. The zero-order valence-corrected chi connectivity index (χ0v) is 10.6. The third-order valence-electron chi connectivity index (χ3n) is 2.93. The Hall–Kier alpha value is -1.30. The minimum absolute atomic E-state index is 0.241. The van der Waals surface area contributed by atoms with E-state index in [0.717, 1.165) is 0 Å². The summed E-state index contributed by atoms with van der Waals surface area (Å²) in [6.07, 6.45) is -0.280. The number of nitrogens with zero attached hydrogens (tertiary/aromatic N) is 2. The van der Waals surface area contributed by atoms with Crippen LogP contribution in [0.15, 0.2) is 0 Å². The average molecular weight is 244 g/mol. The molecule has 0 spiro atoms. The summed E-state index contributed by atoms with van der Waals surface area (Å²) in [7, 11) is 1.38. The van der Waals surface area contributed by atoms with Crippen LogP contribution in [-0.2, 0) is 14.3 Å². The predicted octanol–water partition coefficient (Wildman–Crippen LogP) is 0.322. The maximum Gasteiger partial charge on any atom is 0.409 e. The van der Waals surface area contributed by atoms with Gasteiger partial charge in [0.05, 0.1) is 13.7 Å². The molecule has 1 aliphatic heterocycles. The van der Waals surface area contributed by atoms with Crippen LogP contribution in [0.1, 0.15) is 13.8 Å². The van der Waals surface area contributed by atoms with Gasteiger partial charge in [0.25, 0.3) is 0 Å². The van der Waals surface area contributed by atoms with Crippen LogP contribution in [0.5, 0.6) is 0 Å². The highest BCUT2D eigenvalue weighted by atomic mass is 16.6. The summed E-state index contributed by atoms with van der Waals surface area (Å²) in [5, 5.41) is 0. The number of carbonyl (C=O) groups excluding carboxylic acids is 2. The van der Waals surface area contributed by atoms with Crippen LogP contribution in [0.25, 0.3) is 0 Å². The molecule has 0 bridgehead atoms. The Bertz CT molecular complexity index is 275. The summed E-state index contributed by atoms with van der Waals surface area (Å²) >= 11 is 0. The Morgan fingerprint density at radius 1 is 1.24 bits per heavy atom. The second-order valence-corrected chi connectivity index (χ2v) is 3.92. The Morgan fingerprint density at radius 2 is 1.82 bits per heavy atom. The summed E-state index contributed by atoms with van der Waals surface area (Å²) in [6, 6.07) is -0.260. The topological polar surface area (TPSA) is 59.1 Å². The first-order chi connectivity index (χ1) is 8.10. The standard InChI is InChI=1S/C11H20N2O4/c1-4-17-11(15)13-7-5-12(6-8-13)9(2)10(14)16-3/h9H,4-8H2,1-3H3/t9-/m1/s1. The SMILES string of the molecule is CCOC(=O)N1CCN([C@H](C)C(=O)OC)CC1. The number of hydrogen-bond acceptors (Lipinski definition) is 5. The molecule has 1 fully saturated rings. The molecule has 0 N–H and O–H groups in total. The first-order valence-corrected chi connectivity index (χ1v) is 5.83. The lowest BCUT2D eigenvalue weighted by molar-refractivity contribution is -0.146. The maximum absolute atomic E-state index is 11.5. The third-order valence-corrected chi connectivity index (χ3v) is 2.93. The molecule has 1 saturated heterocycles. The molecule has 1 amide bonds. The molecule has 0 aromatic rings. The molecule has 0 radical (unpaired) electrons. The van der Waals surface area contributed by atoms with E-state index in [2.05, 4.69) is 0 Å². The largest absolute Gasteiger partial charge is 0.468 e. The number of hydrogen-bond donors (Lipinski definition) is 0. The second-order valence-electron chi connectivity index (χ2n) is 3.92. The highest BCUT2D eigenvalue weighted by Gasteiger charge is 2.28. The number of amides is 1. The molecule has 6 nitrogen and oxygen atoms in total. The molecule has 6 heteroatoms. The van der Waals surface area contributed by atoms with E-state index in [4.69, 9.17) is 9.47 Å². The Balaban J connectivity index is 2.40. The predicted molar refractivity (Wildman–Crippen MR) is 61.6 cm³/mol. The number of esters is 1. The Morgan fingerprint density at radius 3 is 2.29 bits per heavy atom. The molecule has 0 aromatic heterocycles. The minimum atomic E-state index is -0.280. The van der Waals surface area contributed by atoms with Crippen molar-refractivity contribution >= 4 is 12.1 Å². The van der Waals surface area contributed by atoms with Gasteiger partial charge in [-0.2, -0.15) is 0 Å². The van der Waals surface area contributed by atoms with E-state index in [0.29, 0.717) is 32.8 Å². The molecule has 1 rings (SSSR count). The van der Waals surface area contributed by atoms with E-state index >= 15 is 0 Å². The fourth-order valence-electron chi connectivity index (χ4n) is 1.83. The second kappa shape index (κ2) is 6.44. The monoisotopic (exact) mass is 244 g/mol. The van der Waals surface area contributed by atoms with Crippen LogP contribution in [0.4, 0.5) is 4.79 Å². The van der Waals surface area contributed by atoms with Crippen LogP contribution in [0, 0.1) is 0 Å². The van der Waals surface area contributed by atoms with Crippen LogP contribution in [-0.4, -0.2) is 67.8 Å². The molecule has 0 aromatic carbocycles. The van der Waals surface area contributed by atoms with Crippen molar-refractivity contribution < 1.29 is 19.1 Å². The van der Waals surface area contributed by atoms with E-state index in [1.54, 1.807) is 11.8 Å². The summed E-state index contributed by atoms with van der Waals surface area (Å²) in [6.45, 7) is 6.47. The van der Waals surface area contributed by atoms with Crippen molar-refractivity contribution in [2.75, 3.05) is 39.9 Å². The van der Waals surface area contributed by atoms with Gasteiger partial charge in [-0.25, -0.2) is 4.79 Å². The van der Waals surface area contributed by atoms with E-state index in [1.165, 1.54) is 7.11 Å². The highest BCUT2D eigenvalue weighted by Crippen LogP contribution is 2.08. The summed E-state index contributed by atoms with van der Waals surface area (Å²) in [4.78, 5) is 26.5. The van der Waals surface area contributed by atoms with E-state index in [1.807, 2.05) is 11.8 Å². The molecular weight excluding hydrogens is 224 g/mol. The van der Waals surface area contributed by atoms with Crippen molar-refractivity contribution in [1.82, 2.24) is 9.80 Å². The molecule has 0 saturated carbocycles. The normalized spacial score (nSPS) is 18.6. The van der Waals surface area contributed by atoms with Crippen molar-refractivity contribution in [3.63, 3.8) is 0 Å². The zero-order chi connectivity index (χ0) is 12.8. The van der Waals surface area contributed by atoms with Crippen molar-refractivity contribution in [1.29, 1.82) is 0 Å². The lowest BCUT2D eigenvalue weighted by atomic mass is 10.2. The van der Waals surface area contributed by atoms with Gasteiger partial charge in [-0.15, -0.1) is 0 Å². The fourth-order valence-corrected chi connectivity index (χ4v) is 1.83. The van der Waals surface area contributed by atoms with Gasteiger partial charge >= 0.3 is 12.1 Å². The van der Waals surface area contributed by atoms with Gasteiger partial charge < -0.3 is 14.4 Å². The number of methoxy groups -OCH3 is 1. The lowest BCUT2D eigenvalue weighted by Crippen LogP contribution is -2.53. The number of carbonyl (C=O) groups is 2. The molecule has 1 atom stereocenters. The van der Waals surface area contributed by atoms with Gasteiger partial charge in [-0.05, 0) is 13.8 Å². The zero-order valence-electron chi connectivity index (χ0n) is 10.6. The van der Waals surface area contributed by atoms with Crippen molar-refractivity contribution in [2.24, 2.45) is 0 Å². The number of piperazine rings is 1. The van der Waals surface area contributed by atoms with Gasteiger partial charge in [0.1, 0.15) is 6.04 Å². The van der Waals surface area contributed by atoms with E-state index in [-0.39, 0.29) is 18.1 Å². The summed E-state index contributed by atoms with van der Waals surface area (Å²) in [5.74, 6) is -0.241. The van der Waals surface area contributed by atoms with E-state index < -0.39 is 0 Å². The van der Waals surface area contributed by atoms with Crippen molar-refractivity contribution in [2.45, 2.75) is 19.9 Å². The van der Waals surface area contributed by atoms with Gasteiger partial charge in [-0.3, -0.25) is 9.69 Å². The fraction of sp³-hybridized carbons (Fsp3) is 0.818. The van der Waals surface area contributed by atoms with Crippen molar-refractivity contribution in [3.8, 4) is 0 Å². The minimum Gasteiger partial charge on any atom is -0.468 e. The van der Waals surface area contributed by atoms with Crippen LogP contribution < -0.4 is 0 Å². The first-order valence-electron chi connectivity index (χ1n) is 5.83. The van der Waals surface area contributed by atoms with Crippen molar-refractivity contribution in [3.05, 3.63) is 0 Å². The Kier molecular flexibility index (Phi) is 5.21. The smallest absolute Gasteiger partial charge is 0.409 e. The summed E-state index contributed by atoms with van der Waals surface area (Å²) < 4.78 is 9.61. The molecule has 98 valence electrons. The van der Waals surface area contributed by atoms with E-state index in [9.17, 15) is 9.59 Å². The molecular formula is C11H20N2O4. The molecule has 0 aliphatic carbocycles. The molecule has 0 unspecified atom stereocenters. The number of ether oxygens (including phenoxy) is 2. The van der Waals surface area contributed by atoms with Crippen LogP contribution >= 0.6 is 0 Å². The van der Waals surface area contributed by atoms with Gasteiger partial charge in [0.2, 0.25) is 0 Å². The number of rotatable bonds is 3. The Labute approximate surface area is 101 Å². The molecule has 1 heterocycles. The first kappa shape index (κ1) is 13.8.